The Kier molecular flexibility index (Phi) is 4.59. The predicted molar refractivity (Wildman–Crippen MR) is 74.6 cm³/mol. The minimum atomic E-state index is -0.714. The Hall–Kier alpha value is -1.92. The Balaban J connectivity index is 2.49. The summed E-state index contributed by atoms with van der Waals surface area (Å²) in [5, 5.41) is 7.54. The molecule has 0 atom stereocenters. The molecule has 0 N–H and O–H groups in total. The van der Waals surface area contributed by atoms with E-state index in [1.165, 1.54) is 19.2 Å². The third kappa shape index (κ3) is 3.22. The number of hydrogen-bond donors (Lipinski definition) is 0. The van der Waals surface area contributed by atoms with Gasteiger partial charge >= 0.3 is 5.97 Å². The van der Waals surface area contributed by atoms with Crippen molar-refractivity contribution in [2.24, 2.45) is 0 Å². The maximum atomic E-state index is 13.7. The Labute approximate surface area is 129 Å². The molecule has 0 amide bonds. The quantitative estimate of drug-likeness (QED) is 0.801. The fourth-order valence-electron chi connectivity index (χ4n) is 1.55. The van der Waals surface area contributed by atoms with Gasteiger partial charge in [-0.2, -0.15) is 0 Å². The highest BCUT2D eigenvalue weighted by Gasteiger charge is 2.22. The minimum Gasteiger partial charge on any atom is -0.465 e. The van der Waals surface area contributed by atoms with E-state index < -0.39 is 11.8 Å². The van der Waals surface area contributed by atoms with Crippen molar-refractivity contribution in [2.45, 2.75) is 6.92 Å². The van der Waals surface area contributed by atoms with Crippen LogP contribution in [-0.4, -0.2) is 23.3 Å². The molecule has 0 saturated carbocycles. The van der Waals surface area contributed by atoms with Crippen LogP contribution in [0.3, 0.4) is 0 Å². The second-order valence-electron chi connectivity index (χ2n) is 3.96. The first-order valence-corrected chi connectivity index (χ1v) is 6.43. The Bertz CT molecular complexity index is 710. The van der Waals surface area contributed by atoms with Crippen LogP contribution in [0.25, 0.3) is 0 Å². The smallest absolute Gasteiger partial charge is 0.343 e. The molecule has 8 heteroatoms. The number of ether oxygens (including phenoxy) is 2. The van der Waals surface area contributed by atoms with E-state index in [4.69, 9.17) is 27.9 Å². The van der Waals surface area contributed by atoms with Gasteiger partial charge in [-0.1, -0.05) is 23.2 Å². The van der Waals surface area contributed by atoms with E-state index in [2.05, 4.69) is 14.9 Å². The van der Waals surface area contributed by atoms with Crippen LogP contribution in [-0.2, 0) is 4.74 Å². The van der Waals surface area contributed by atoms with Crippen LogP contribution in [0.15, 0.2) is 18.2 Å². The lowest BCUT2D eigenvalue weighted by molar-refractivity contribution is 0.0595. The Morgan fingerprint density at radius 3 is 2.62 bits per heavy atom. The van der Waals surface area contributed by atoms with Crippen molar-refractivity contribution >= 4 is 29.2 Å². The van der Waals surface area contributed by atoms with Crippen LogP contribution < -0.4 is 4.74 Å². The van der Waals surface area contributed by atoms with Gasteiger partial charge in [-0.15, -0.1) is 10.2 Å². The molecule has 21 heavy (non-hydrogen) atoms. The van der Waals surface area contributed by atoms with E-state index in [1.54, 1.807) is 6.92 Å². The Morgan fingerprint density at radius 1 is 1.29 bits per heavy atom. The lowest BCUT2D eigenvalue weighted by atomic mass is 10.2. The maximum absolute atomic E-state index is 13.7. The van der Waals surface area contributed by atoms with E-state index in [0.717, 1.165) is 6.07 Å². The molecule has 0 spiro atoms. The second-order valence-corrected chi connectivity index (χ2v) is 4.76. The van der Waals surface area contributed by atoms with Crippen molar-refractivity contribution in [3.8, 4) is 11.6 Å². The molecule has 1 heterocycles. The topological polar surface area (TPSA) is 61.3 Å². The SMILES string of the molecule is COC(=O)c1c(Oc2ccc(Cl)cc2F)nnc(Cl)c1C. The summed E-state index contributed by atoms with van der Waals surface area (Å²) in [7, 11) is 1.20. The van der Waals surface area contributed by atoms with E-state index in [-0.39, 0.29) is 27.4 Å². The van der Waals surface area contributed by atoms with Gasteiger partial charge in [0.25, 0.3) is 5.88 Å². The summed E-state index contributed by atoms with van der Waals surface area (Å²) >= 11 is 11.5. The molecule has 1 aromatic carbocycles. The molecule has 0 unspecified atom stereocenters. The second kappa shape index (κ2) is 6.24. The van der Waals surface area contributed by atoms with Crippen molar-refractivity contribution in [3.05, 3.63) is 45.3 Å². The number of rotatable bonds is 3. The summed E-state index contributed by atoms with van der Waals surface area (Å²) in [4.78, 5) is 11.8. The van der Waals surface area contributed by atoms with Gasteiger partial charge < -0.3 is 9.47 Å². The highest BCUT2D eigenvalue weighted by atomic mass is 35.5. The van der Waals surface area contributed by atoms with Crippen molar-refractivity contribution in [3.63, 3.8) is 0 Å². The highest BCUT2D eigenvalue weighted by Crippen LogP contribution is 2.30. The zero-order valence-corrected chi connectivity index (χ0v) is 12.5. The molecule has 2 aromatic rings. The number of benzene rings is 1. The first kappa shape index (κ1) is 15.5. The normalized spacial score (nSPS) is 10.3. The predicted octanol–water partition coefficient (Wildman–Crippen LogP) is 3.81. The third-order valence-electron chi connectivity index (χ3n) is 2.62. The molecular weight excluding hydrogens is 322 g/mol. The molecule has 0 aliphatic carbocycles. The zero-order chi connectivity index (χ0) is 15.6. The van der Waals surface area contributed by atoms with Crippen LogP contribution in [0.4, 0.5) is 4.39 Å². The largest absolute Gasteiger partial charge is 0.465 e. The van der Waals surface area contributed by atoms with Gasteiger partial charge in [0.15, 0.2) is 16.7 Å². The zero-order valence-electron chi connectivity index (χ0n) is 11.0. The molecule has 0 fully saturated rings. The van der Waals surface area contributed by atoms with Crippen molar-refractivity contribution in [2.75, 3.05) is 7.11 Å². The van der Waals surface area contributed by atoms with Crippen LogP contribution >= 0.6 is 23.2 Å². The number of esters is 1. The summed E-state index contributed by atoms with van der Waals surface area (Å²) in [5.41, 5.74) is 0.301. The number of halogens is 3. The first-order valence-electron chi connectivity index (χ1n) is 5.68. The summed E-state index contributed by atoms with van der Waals surface area (Å²) < 4.78 is 23.7. The standard InChI is InChI=1S/C13H9Cl2FN2O3/c1-6-10(13(19)20-2)12(18-17-11(6)15)21-9-4-3-7(14)5-8(9)16/h3-5H,1-2H3. The van der Waals surface area contributed by atoms with E-state index in [9.17, 15) is 9.18 Å². The summed E-state index contributed by atoms with van der Waals surface area (Å²) in [6, 6.07) is 3.82. The molecule has 5 nitrogen and oxygen atoms in total. The number of nitrogens with zero attached hydrogens (tertiary/aromatic N) is 2. The Morgan fingerprint density at radius 2 is 2.00 bits per heavy atom. The van der Waals surface area contributed by atoms with Gasteiger partial charge in [0.2, 0.25) is 0 Å². The molecule has 0 aliphatic heterocycles. The van der Waals surface area contributed by atoms with Crippen molar-refractivity contribution in [1.82, 2.24) is 10.2 Å². The monoisotopic (exact) mass is 330 g/mol. The van der Waals surface area contributed by atoms with Crippen LogP contribution in [0.1, 0.15) is 15.9 Å². The van der Waals surface area contributed by atoms with Crippen LogP contribution in [0.2, 0.25) is 10.2 Å². The molecule has 0 aliphatic rings. The van der Waals surface area contributed by atoms with E-state index in [0.29, 0.717) is 5.56 Å². The summed E-state index contributed by atoms with van der Waals surface area (Å²) in [6.45, 7) is 1.55. The minimum absolute atomic E-state index is 0.0214. The summed E-state index contributed by atoms with van der Waals surface area (Å²) in [5.74, 6) is -1.77. The molecular formula is C13H9Cl2FN2O3. The molecule has 1 aromatic heterocycles. The first-order chi connectivity index (χ1) is 9.93. The molecule has 2 rings (SSSR count). The van der Waals surface area contributed by atoms with Crippen LogP contribution in [0.5, 0.6) is 11.6 Å². The number of methoxy groups -OCH3 is 1. The van der Waals surface area contributed by atoms with Crippen molar-refractivity contribution in [1.29, 1.82) is 0 Å². The maximum Gasteiger partial charge on any atom is 0.343 e. The lowest BCUT2D eigenvalue weighted by Crippen LogP contribution is -2.10. The molecule has 110 valence electrons. The highest BCUT2D eigenvalue weighted by molar-refractivity contribution is 6.30. The van der Waals surface area contributed by atoms with Gasteiger partial charge in [0.1, 0.15) is 5.56 Å². The number of carbonyl (C=O) groups is 1. The van der Waals surface area contributed by atoms with E-state index >= 15 is 0 Å². The molecule has 0 radical (unpaired) electrons. The number of hydrogen-bond acceptors (Lipinski definition) is 5. The van der Waals surface area contributed by atoms with Gasteiger partial charge in [-0.25, -0.2) is 9.18 Å². The fourth-order valence-corrected chi connectivity index (χ4v) is 1.84. The molecule has 0 bridgehead atoms. The fraction of sp³-hybridized carbons (Fsp3) is 0.154. The number of aromatic nitrogens is 2. The third-order valence-corrected chi connectivity index (χ3v) is 3.21. The average molecular weight is 331 g/mol. The van der Waals surface area contributed by atoms with Gasteiger partial charge in [-0.05, 0) is 25.1 Å². The van der Waals surface area contributed by atoms with Crippen LogP contribution in [0, 0.1) is 12.7 Å². The van der Waals surface area contributed by atoms with Crippen molar-refractivity contribution < 1.29 is 18.7 Å². The summed E-state index contributed by atoms with van der Waals surface area (Å²) in [6.07, 6.45) is 0. The van der Waals surface area contributed by atoms with Gasteiger partial charge in [-0.3, -0.25) is 0 Å². The molecule has 0 saturated heterocycles. The van der Waals surface area contributed by atoms with E-state index in [1.807, 2.05) is 0 Å². The average Bonchev–Trinajstić information content (AvgIpc) is 2.45. The lowest BCUT2D eigenvalue weighted by Gasteiger charge is -2.11. The number of carbonyl (C=O) groups excluding carboxylic acids is 1. The van der Waals surface area contributed by atoms with Gasteiger partial charge in [0, 0.05) is 10.6 Å². The van der Waals surface area contributed by atoms with Gasteiger partial charge in [0.05, 0.1) is 7.11 Å².